The number of ether oxygens (including phenoxy) is 1. The molecule has 4 heteroatoms. The van der Waals surface area contributed by atoms with Crippen LogP contribution >= 0.6 is 0 Å². The van der Waals surface area contributed by atoms with Gasteiger partial charge in [0.25, 0.3) is 0 Å². The van der Waals surface area contributed by atoms with Gasteiger partial charge in [-0.1, -0.05) is 0 Å². The first-order valence-electron chi connectivity index (χ1n) is 5.95. The van der Waals surface area contributed by atoms with Crippen LogP contribution in [-0.2, 0) is 4.79 Å². The van der Waals surface area contributed by atoms with E-state index in [-0.39, 0.29) is 5.92 Å². The van der Waals surface area contributed by atoms with E-state index in [0.717, 1.165) is 24.3 Å². The van der Waals surface area contributed by atoms with Crippen LogP contribution in [0.2, 0.25) is 0 Å². The summed E-state index contributed by atoms with van der Waals surface area (Å²) in [6.45, 7) is 2.48. The summed E-state index contributed by atoms with van der Waals surface area (Å²) in [5.74, 6) is 1.31. The predicted molar refractivity (Wildman–Crippen MR) is 58.5 cm³/mol. The lowest BCUT2D eigenvalue weighted by Gasteiger charge is -2.23. The molecule has 1 aromatic heterocycles. The van der Waals surface area contributed by atoms with Gasteiger partial charge < -0.3 is 4.74 Å². The standard InChI is InChI=1S/C12H16N2O2/c1-8-12(6-14(13-8)10-3-4-10)16-7-9-2-5-11(9)15/h6,9-10H,2-5,7H2,1H3. The van der Waals surface area contributed by atoms with Gasteiger partial charge in [0.1, 0.15) is 11.5 Å². The van der Waals surface area contributed by atoms with Crippen LogP contribution in [0.15, 0.2) is 6.20 Å². The lowest BCUT2D eigenvalue weighted by molar-refractivity contribution is -0.130. The molecule has 86 valence electrons. The Morgan fingerprint density at radius 3 is 2.88 bits per heavy atom. The topological polar surface area (TPSA) is 44.1 Å². The Bertz CT molecular complexity index is 421. The lowest BCUT2D eigenvalue weighted by atomic mass is 9.85. The van der Waals surface area contributed by atoms with Crippen LogP contribution < -0.4 is 4.74 Å². The van der Waals surface area contributed by atoms with E-state index in [9.17, 15) is 4.79 Å². The van der Waals surface area contributed by atoms with Crippen LogP contribution in [0, 0.1) is 12.8 Å². The molecule has 0 spiro atoms. The van der Waals surface area contributed by atoms with E-state index in [1.165, 1.54) is 12.8 Å². The molecule has 1 unspecified atom stereocenters. The van der Waals surface area contributed by atoms with E-state index < -0.39 is 0 Å². The SMILES string of the molecule is Cc1nn(C2CC2)cc1OCC1CCC1=O. The maximum absolute atomic E-state index is 11.2. The van der Waals surface area contributed by atoms with E-state index in [1.54, 1.807) is 0 Å². The number of nitrogens with zero attached hydrogens (tertiary/aromatic N) is 2. The van der Waals surface area contributed by atoms with Crippen molar-refractivity contribution in [2.24, 2.45) is 5.92 Å². The molecule has 2 aliphatic rings. The van der Waals surface area contributed by atoms with Gasteiger partial charge in [-0.05, 0) is 26.2 Å². The fourth-order valence-corrected chi connectivity index (χ4v) is 1.97. The minimum atomic E-state index is 0.128. The Morgan fingerprint density at radius 1 is 1.50 bits per heavy atom. The van der Waals surface area contributed by atoms with Crippen LogP contribution in [0.5, 0.6) is 5.75 Å². The van der Waals surface area contributed by atoms with E-state index in [2.05, 4.69) is 5.10 Å². The van der Waals surface area contributed by atoms with Gasteiger partial charge in [-0.3, -0.25) is 9.48 Å². The van der Waals surface area contributed by atoms with Crippen molar-refractivity contribution in [2.45, 2.75) is 38.6 Å². The number of aryl methyl sites for hydroxylation is 1. The molecule has 2 saturated carbocycles. The van der Waals surface area contributed by atoms with Gasteiger partial charge >= 0.3 is 0 Å². The molecule has 0 bridgehead atoms. The van der Waals surface area contributed by atoms with Gasteiger partial charge in [0.05, 0.1) is 24.8 Å². The Labute approximate surface area is 94.6 Å². The van der Waals surface area contributed by atoms with Gasteiger partial charge in [-0.2, -0.15) is 5.10 Å². The molecule has 2 aliphatic carbocycles. The first-order chi connectivity index (χ1) is 7.74. The minimum Gasteiger partial charge on any atom is -0.489 e. The monoisotopic (exact) mass is 220 g/mol. The fraction of sp³-hybridized carbons (Fsp3) is 0.667. The van der Waals surface area contributed by atoms with Gasteiger partial charge in [0.2, 0.25) is 0 Å². The summed E-state index contributed by atoms with van der Waals surface area (Å²) in [7, 11) is 0. The van der Waals surface area contributed by atoms with Crippen LogP contribution in [0.3, 0.4) is 0 Å². The zero-order valence-electron chi connectivity index (χ0n) is 9.48. The summed E-state index contributed by atoms with van der Waals surface area (Å²) in [5, 5.41) is 4.42. The average Bonchev–Trinajstić information content (AvgIpc) is 3.03. The van der Waals surface area contributed by atoms with Crippen LogP contribution in [0.25, 0.3) is 0 Å². The van der Waals surface area contributed by atoms with E-state index in [0.29, 0.717) is 18.4 Å². The summed E-state index contributed by atoms with van der Waals surface area (Å²) < 4.78 is 7.66. The lowest BCUT2D eigenvalue weighted by Crippen LogP contribution is -2.30. The summed E-state index contributed by atoms with van der Waals surface area (Å²) in [4.78, 5) is 11.2. The number of ketones is 1. The van der Waals surface area contributed by atoms with Crippen molar-refractivity contribution in [3.8, 4) is 5.75 Å². The van der Waals surface area contributed by atoms with Gasteiger partial charge in [0, 0.05) is 6.42 Å². The van der Waals surface area contributed by atoms with Crippen molar-refractivity contribution >= 4 is 5.78 Å². The highest BCUT2D eigenvalue weighted by molar-refractivity contribution is 5.86. The molecule has 2 fully saturated rings. The van der Waals surface area contributed by atoms with Crippen molar-refractivity contribution in [1.29, 1.82) is 0 Å². The summed E-state index contributed by atoms with van der Waals surface area (Å²) in [5.41, 5.74) is 0.929. The highest BCUT2D eigenvalue weighted by Crippen LogP contribution is 2.36. The Hall–Kier alpha value is -1.32. The maximum atomic E-state index is 11.2. The van der Waals surface area contributed by atoms with Crippen molar-refractivity contribution < 1.29 is 9.53 Å². The molecule has 0 aromatic carbocycles. The van der Waals surface area contributed by atoms with Crippen molar-refractivity contribution in [2.75, 3.05) is 6.61 Å². The van der Waals surface area contributed by atoms with E-state index in [1.807, 2.05) is 17.8 Å². The third-order valence-corrected chi connectivity index (χ3v) is 3.43. The quantitative estimate of drug-likeness (QED) is 0.778. The van der Waals surface area contributed by atoms with Gasteiger partial charge in [-0.25, -0.2) is 0 Å². The third kappa shape index (κ3) is 1.72. The van der Waals surface area contributed by atoms with E-state index >= 15 is 0 Å². The second-order valence-corrected chi connectivity index (χ2v) is 4.80. The Kier molecular flexibility index (Phi) is 2.23. The first kappa shape index (κ1) is 9.87. The summed E-state index contributed by atoms with van der Waals surface area (Å²) >= 11 is 0. The van der Waals surface area contributed by atoms with Crippen LogP contribution in [0.4, 0.5) is 0 Å². The number of carbonyl (C=O) groups excluding carboxylic acids is 1. The van der Waals surface area contributed by atoms with Crippen LogP contribution in [0.1, 0.15) is 37.4 Å². The Morgan fingerprint density at radius 2 is 2.31 bits per heavy atom. The molecule has 1 atom stereocenters. The molecule has 16 heavy (non-hydrogen) atoms. The van der Waals surface area contributed by atoms with Crippen LogP contribution in [-0.4, -0.2) is 22.2 Å². The first-order valence-corrected chi connectivity index (χ1v) is 5.95. The normalized spacial score (nSPS) is 24.3. The molecule has 4 nitrogen and oxygen atoms in total. The number of Topliss-reactive ketones (excluding diaryl/α,β-unsaturated/α-hetero) is 1. The zero-order chi connectivity index (χ0) is 11.1. The smallest absolute Gasteiger partial charge is 0.160 e. The molecule has 0 N–H and O–H groups in total. The van der Waals surface area contributed by atoms with Gasteiger partial charge in [0.15, 0.2) is 5.75 Å². The number of carbonyl (C=O) groups is 1. The van der Waals surface area contributed by atoms with Crippen molar-refractivity contribution in [3.63, 3.8) is 0 Å². The maximum Gasteiger partial charge on any atom is 0.160 e. The third-order valence-electron chi connectivity index (χ3n) is 3.43. The number of hydrogen-bond donors (Lipinski definition) is 0. The molecule has 3 rings (SSSR count). The molecule has 0 radical (unpaired) electrons. The number of rotatable bonds is 4. The largest absolute Gasteiger partial charge is 0.489 e. The van der Waals surface area contributed by atoms with Crippen molar-refractivity contribution in [3.05, 3.63) is 11.9 Å². The second kappa shape index (κ2) is 3.61. The molecule has 1 aromatic rings. The minimum absolute atomic E-state index is 0.128. The van der Waals surface area contributed by atoms with E-state index in [4.69, 9.17) is 4.74 Å². The highest BCUT2D eigenvalue weighted by atomic mass is 16.5. The molecular formula is C12H16N2O2. The highest BCUT2D eigenvalue weighted by Gasteiger charge is 2.29. The average molecular weight is 220 g/mol. The molecule has 0 saturated heterocycles. The molecule has 1 heterocycles. The molecule has 0 aliphatic heterocycles. The number of hydrogen-bond acceptors (Lipinski definition) is 3. The molecule has 0 amide bonds. The van der Waals surface area contributed by atoms with Gasteiger partial charge in [-0.15, -0.1) is 0 Å². The summed E-state index contributed by atoms with van der Waals surface area (Å²) in [6, 6.07) is 0.585. The second-order valence-electron chi connectivity index (χ2n) is 4.80. The fourth-order valence-electron chi connectivity index (χ4n) is 1.97. The predicted octanol–water partition coefficient (Wildman–Crippen LogP) is 1.88. The van der Waals surface area contributed by atoms with Crippen molar-refractivity contribution in [1.82, 2.24) is 9.78 Å². The summed E-state index contributed by atoms with van der Waals surface area (Å²) in [6.07, 6.45) is 6.13. The molecular weight excluding hydrogens is 204 g/mol. The Balaban J connectivity index is 1.62. The zero-order valence-corrected chi connectivity index (χ0v) is 9.48. The number of aromatic nitrogens is 2.